The van der Waals surface area contributed by atoms with Gasteiger partial charge in [0.1, 0.15) is 11.5 Å². The number of aryl methyl sites for hydroxylation is 1. The summed E-state index contributed by atoms with van der Waals surface area (Å²) in [6.07, 6.45) is 1.98. The van der Waals surface area contributed by atoms with Gasteiger partial charge in [-0.15, -0.1) is 0 Å². The number of hydrogen-bond acceptors (Lipinski definition) is 2. The molecule has 0 aliphatic carbocycles. The fourth-order valence-electron chi connectivity index (χ4n) is 4.13. The number of rotatable bonds is 4. The Morgan fingerprint density at radius 1 is 0.677 bits per heavy atom. The maximum Gasteiger partial charge on any atom is 0.140 e. The van der Waals surface area contributed by atoms with Crippen molar-refractivity contribution in [2.45, 2.75) is 12.8 Å². The topological polar surface area (TPSA) is 21.6 Å². The minimum Gasteiger partial charge on any atom is -0.456 e. The molecule has 150 valence electrons. The van der Waals surface area contributed by atoms with E-state index in [0.29, 0.717) is 0 Å². The summed E-state index contributed by atoms with van der Waals surface area (Å²) < 4.78 is 6.50. The Labute approximate surface area is 183 Å². The van der Waals surface area contributed by atoms with E-state index in [1.165, 1.54) is 11.1 Å². The highest BCUT2D eigenvalue weighted by atomic mass is 16.5. The lowest BCUT2D eigenvalue weighted by Gasteiger charge is -2.30. The van der Waals surface area contributed by atoms with E-state index >= 15 is 0 Å². The number of ether oxygens (including phenoxy) is 1. The van der Waals surface area contributed by atoms with Crippen LogP contribution < -0.4 is 4.74 Å². The van der Waals surface area contributed by atoms with Crippen LogP contribution in [-0.2, 0) is 0 Å². The molecule has 0 unspecified atom stereocenters. The molecule has 0 N–H and O–H groups in total. The van der Waals surface area contributed by atoms with Crippen molar-refractivity contribution in [3.8, 4) is 5.75 Å². The highest BCUT2D eigenvalue weighted by Gasteiger charge is 2.31. The third-order valence-electron chi connectivity index (χ3n) is 5.66. The molecule has 0 radical (unpaired) electrons. The lowest BCUT2D eigenvalue weighted by Crippen LogP contribution is -2.18. The van der Waals surface area contributed by atoms with Crippen LogP contribution in [0.1, 0.15) is 28.2 Å². The molecule has 1 heterocycles. The van der Waals surface area contributed by atoms with Crippen LogP contribution in [0, 0.1) is 6.92 Å². The minimum atomic E-state index is 0.0359. The Hall–Kier alpha value is -3.91. The number of allylic oxidation sites excluding steroid dienone is 1. The highest BCUT2D eigenvalue weighted by molar-refractivity contribution is 5.95. The molecule has 5 rings (SSSR count). The van der Waals surface area contributed by atoms with Gasteiger partial charge in [0.05, 0.1) is 5.69 Å². The molecule has 0 spiro atoms. The Balaban J connectivity index is 1.76. The molecule has 1 aliphatic rings. The van der Waals surface area contributed by atoms with Gasteiger partial charge < -0.3 is 4.74 Å². The van der Waals surface area contributed by atoms with Crippen molar-refractivity contribution >= 4 is 17.7 Å². The summed E-state index contributed by atoms with van der Waals surface area (Å²) in [5, 5.41) is 0. The van der Waals surface area contributed by atoms with Crippen LogP contribution in [-0.4, -0.2) is 6.21 Å². The number of benzene rings is 4. The third-order valence-corrected chi connectivity index (χ3v) is 5.66. The minimum absolute atomic E-state index is 0.0359. The summed E-state index contributed by atoms with van der Waals surface area (Å²) >= 11 is 0. The molecule has 4 aromatic carbocycles. The van der Waals surface area contributed by atoms with Crippen LogP contribution in [0.15, 0.2) is 120 Å². The van der Waals surface area contributed by atoms with Crippen LogP contribution >= 0.6 is 0 Å². The molecule has 1 atom stereocenters. The first-order valence-electron chi connectivity index (χ1n) is 10.5. The molecule has 0 amide bonds. The van der Waals surface area contributed by atoms with E-state index in [-0.39, 0.29) is 5.92 Å². The van der Waals surface area contributed by atoms with Crippen molar-refractivity contribution < 1.29 is 4.74 Å². The zero-order valence-electron chi connectivity index (χ0n) is 17.4. The first-order valence-corrected chi connectivity index (χ1v) is 10.5. The van der Waals surface area contributed by atoms with Crippen molar-refractivity contribution in [2.24, 2.45) is 4.99 Å². The van der Waals surface area contributed by atoms with Gasteiger partial charge in [-0.2, -0.15) is 0 Å². The number of hydrogen-bond donors (Lipinski definition) is 0. The summed E-state index contributed by atoms with van der Waals surface area (Å²) in [4.78, 5) is 4.82. The predicted molar refractivity (Wildman–Crippen MR) is 128 cm³/mol. The van der Waals surface area contributed by atoms with E-state index in [1.54, 1.807) is 0 Å². The second kappa shape index (κ2) is 8.45. The average molecular weight is 402 g/mol. The number of fused-ring (bicyclic) bond motifs is 1. The van der Waals surface area contributed by atoms with Gasteiger partial charge in [0, 0.05) is 28.8 Å². The van der Waals surface area contributed by atoms with E-state index in [0.717, 1.165) is 33.9 Å². The van der Waals surface area contributed by atoms with Crippen molar-refractivity contribution in [2.75, 3.05) is 0 Å². The molecule has 2 heteroatoms. The van der Waals surface area contributed by atoms with Gasteiger partial charge in [0.25, 0.3) is 0 Å². The summed E-state index contributed by atoms with van der Waals surface area (Å²) in [6.45, 7) is 2.17. The molecule has 0 saturated carbocycles. The summed E-state index contributed by atoms with van der Waals surface area (Å²) in [5.74, 6) is 1.78. The lowest BCUT2D eigenvalue weighted by molar-refractivity contribution is 0.489. The monoisotopic (exact) mass is 401 g/mol. The highest BCUT2D eigenvalue weighted by Crippen LogP contribution is 2.45. The second-order valence-electron chi connectivity index (χ2n) is 7.67. The first-order chi connectivity index (χ1) is 15.3. The summed E-state index contributed by atoms with van der Waals surface area (Å²) in [7, 11) is 0. The van der Waals surface area contributed by atoms with Gasteiger partial charge in [0.15, 0.2) is 0 Å². The van der Waals surface area contributed by atoms with E-state index in [2.05, 4.69) is 61.5 Å². The normalized spacial score (nSPS) is 15.6. The molecule has 0 bridgehead atoms. The molecule has 31 heavy (non-hydrogen) atoms. The molecule has 0 fully saturated rings. The van der Waals surface area contributed by atoms with Crippen molar-refractivity contribution in [1.29, 1.82) is 0 Å². The molecular weight excluding hydrogens is 378 g/mol. The van der Waals surface area contributed by atoms with Crippen LogP contribution in [0.4, 0.5) is 5.69 Å². The zero-order chi connectivity index (χ0) is 21.0. The second-order valence-corrected chi connectivity index (χ2v) is 7.67. The van der Waals surface area contributed by atoms with Crippen LogP contribution in [0.3, 0.4) is 0 Å². The summed E-state index contributed by atoms with van der Waals surface area (Å²) in [5.41, 5.74) is 6.70. The molecular formula is C29H23NO. The maximum absolute atomic E-state index is 6.50. The smallest absolute Gasteiger partial charge is 0.140 e. The van der Waals surface area contributed by atoms with Gasteiger partial charge in [-0.25, -0.2) is 0 Å². The van der Waals surface area contributed by atoms with Crippen LogP contribution in [0.2, 0.25) is 0 Å². The third kappa shape index (κ3) is 3.80. The van der Waals surface area contributed by atoms with E-state index in [4.69, 9.17) is 9.73 Å². The number of para-hydroxylation sites is 2. The molecule has 4 aromatic rings. The largest absolute Gasteiger partial charge is 0.456 e. The summed E-state index contributed by atoms with van der Waals surface area (Å²) in [6, 6.07) is 37.2. The number of aliphatic imine (C=N–C) groups is 1. The van der Waals surface area contributed by atoms with Crippen molar-refractivity contribution in [3.05, 3.63) is 137 Å². The lowest BCUT2D eigenvalue weighted by atomic mass is 9.80. The van der Waals surface area contributed by atoms with E-state index in [9.17, 15) is 0 Å². The Morgan fingerprint density at radius 2 is 1.29 bits per heavy atom. The van der Waals surface area contributed by atoms with E-state index < -0.39 is 0 Å². The fraction of sp³-hybridized carbons (Fsp3) is 0.0690. The Kier molecular flexibility index (Phi) is 5.20. The SMILES string of the molecule is Cc1ccccc1[C@@H]1C(C=Nc2ccccc2)=C(c2ccccc2)Oc2ccccc21. The number of nitrogens with zero attached hydrogens (tertiary/aromatic N) is 1. The van der Waals surface area contributed by atoms with Crippen molar-refractivity contribution in [1.82, 2.24) is 0 Å². The van der Waals surface area contributed by atoms with Crippen LogP contribution in [0.5, 0.6) is 5.75 Å². The Bertz CT molecular complexity index is 1260. The standard InChI is InChI=1S/C29H23NO/c1-21-12-8-9-17-24(21)28-25-18-10-11-19-27(25)31-29(22-13-4-2-5-14-22)26(28)20-30-23-15-6-3-7-16-23/h2-20,28H,1H3/t28-/m0/s1. The molecule has 1 aliphatic heterocycles. The average Bonchev–Trinajstić information content (AvgIpc) is 2.83. The van der Waals surface area contributed by atoms with Gasteiger partial charge in [0.2, 0.25) is 0 Å². The Morgan fingerprint density at radius 3 is 2.03 bits per heavy atom. The molecule has 0 aromatic heterocycles. The fourth-order valence-corrected chi connectivity index (χ4v) is 4.13. The maximum atomic E-state index is 6.50. The quantitative estimate of drug-likeness (QED) is 0.328. The molecule has 0 saturated heterocycles. The molecule has 2 nitrogen and oxygen atoms in total. The first kappa shape index (κ1) is 19.1. The van der Waals surface area contributed by atoms with Gasteiger partial charge >= 0.3 is 0 Å². The van der Waals surface area contributed by atoms with Gasteiger partial charge in [-0.05, 0) is 36.2 Å². The van der Waals surface area contributed by atoms with Crippen LogP contribution in [0.25, 0.3) is 5.76 Å². The van der Waals surface area contributed by atoms with E-state index in [1.807, 2.05) is 60.8 Å². The van der Waals surface area contributed by atoms with Gasteiger partial charge in [-0.1, -0.05) is 91.0 Å². The predicted octanol–water partition coefficient (Wildman–Crippen LogP) is 7.33. The zero-order valence-corrected chi connectivity index (χ0v) is 17.4. The van der Waals surface area contributed by atoms with Gasteiger partial charge in [-0.3, -0.25) is 4.99 Å². The van der Waals surface area contributed by atoms with Crippen molar-refractivity contribution in [3.63, 3.8) is 0 Å².